The van der Waals surface area contributed by atoms with Crippen molar-refractivity contribution in [2.24, 2.45) is 0 Å². The summed E-state index contributed by atoms with van der Waals surface area (Å²) in [6, 6.07) is 10.0. The van der Waals surface area contributed by atoms with Gasteiger partial charge in [0.05, 0.1) is 11.0 Å². The molecule has 0 bridgehead atoms. The van der Waals surface area contributed by atoms with Crippen molar-refractivity contribution in [2.45, 2.75) is 19.4 Å². The summed E-state index contributed by atoms with van der Waals surface area (Å²) in [6.45, 7) is 3.26. The van der Waals surface area contributed by atoms with Crippen LogP contribution in [-0.4, -0.2) is 28.0 Å². The fourth-order valence-corrected chi connectivity index (χ4v) is 1.86. The summed E-state index contributed by atoms with van der Waals surface area (Å²) in [5.74, 6) is 0.377. The Morgan fingerprint density at radius 1 is 1.27 bits per heavy atom. The van der Waals surface area contributed by atoms with E-state index in [-0.39, 0.29) is 11.8 Å². The molecule has 0 aliphatic rings. The number of nitro groups is 1. The van der Waals surface area contributed by atoms with Gasteiger partial charge in [0, 0.05) is 13.2 Å². The van der Waals surface area contributed by atoms with Crippen LogP contribution in [0, 0.1) is 10.1 Å². The third-order valence-corrected chi connectivity index (χ3v) is 3.09. The lowest BCUT2D eigenvalue weighted by Gasteiger charge is -2.13. The van der Waals surface area contributed by atoms with Crippen molar-refractivity contribution < 1.29 is 9.66 Å². The second-order valence-corrected chi connectivity index (χ2v) is 4.73. The van der Waals surface area contributed by atoms with Gasteiger partial charge < -0.3 is 10.1 Å². The number of nitrogens with zero attached hydrogens (tertiary/aromatic N) is 3. The Morgan fingerprint density at radius 3 is 2.59 bits per heavy atom. The van der Waals surface area contributed by atoms with Crippen LogP contribution in [-0.2, 0) is 4.74 Å². The average Bonchev–Trinajstić information content (AvgIpc) is 2.55. The fourth-order valence-electron chi connectivity index (χ4n) is 1.86. The molecule has 1 heterocycles. The molecule has 2 aromatic rings. The van der Waals surface area contributed by atoms with E-state index < -0.39 is 4.92 Å². The van der Waals surface area contributed by atoms with Crippen molar-refractivity contribution in [3.05, 3.63) is 58.4 Å². The Kier molecular flexibility index (Phi) is 5.79. The normalized spacial score (nSPS) is 11.9. The van der Waals surface area contributed by atoms with E-state index in [1.54, 1.807) is 0 Å². The molecule has 1 atom stereocenters. The molecule has 0 aliphatic heterocycles. The van der Waals surface area contributed by atoms with Gasteiger partial charge in [0.25, 0.3) is 0 Å². The first kappa shape index (κ1) is 15.8. The molecular weight excluding hydrogens is 284 g/mol. The highest BCUT2D eigenvalue weighted by molar-refractivity contribution is 5.30. The fraction of sp³-hybridized carbons (Fsp3) is 0.333. The molecule has 0 saturated heterocycles. The predicted octanol–water partition coefficient (Wildman–Crippen LogP) is 2.96. The van der Waals surface area contributed by atoms with Gasteiger partial charge in [0.2, 0.25) is 5.95 Å². The second-order valence-electron chi connectivity index (χ2n) is 4.73. The van der Waals surface area contributed by atoms with Gasteiger partial charge in [-0.2, -0.15) is 0 Å². The third-order valence-electron chi connectivity index (χ3n) is 3.09. The SMILES string of the molecule is CC(OCCCNc1ncc([N+](=O)[O-])cn1)c1ccccc1. The molecule has 0 radical (unpaired) electrons. The van der Waals surface area contributed by atoms with Crippen LogP contribution in [0.15, 0.2) is 42.7 Å². The van der Waals surface area contributed by atoms with Crippen LogP contribution in [0.4, 0.5) is 11.6 Å². The van der Waals surface area contributed by atoms with Crippen molar-refractivity contribution in [1.82, 2.24) is 9.97 Å². The Balaban J connectivity index is 1.66. The van der Waals surface area contributed by atoms with Gasteiger partial charge in [0.15, 0.2) is 0 Å². The number of rotatable bonds is 8. The van der Waals surface area contributed by atoms with Crippen LogP contribution in [0.5, 0.6) is 0 Å². The van der Waals surface area contributed by atoms with E-state index in [0.29, 0.717) is 19.1 Å². The van der Waals surface area contributed by atoms with E-state index in [2.05, 4.69) is 15.3 Å². The van der Waals surface area contributed by atoms with Crippen LogP contribution < -0.4 is 5.32 Å². The minimum Gasteiger partial charge on any atom is -0.374 e. The summed E-state index contributed by atoms with van der Waals surface area (Å²) in [7, 11) is 0. The first-order valence-electron chi connectivity index (χ1n) is 7.03. The molecule has 0 spiro atoms. The quantitative estimate of drug-likeness (QED) is 0.458. The first-order valence-corrected chi connectivity index (χ1v) is 7.03. The molecule has 116 valence electrons. The third kappa shape index (κ3) is 4.78. The van der Waals surface area contributed by atoms with Gasteiger partial charge in [-0.1, -0.05) is 30.3 Å². The van der Waals surface area contributed by atoms with E-state index in [1.807, 2.05) is 37.3 Å². The van der Waals surface area contributed by atoms with Crippen LogP contribution in [0.3, 0.4) is 0 Å². The lowest BCUT2D eigenvalue weighted by molar-refractivity contribution is -0.385. The lowest BCUT2D eigenvalue weighted by atomic mass is 10.1. The molecule has 1 aromatic carbocycles. The molecule has 0 aliphatic carbocycles. The number of hydrogen-bond acceptors (Lipinski definition) is 6. The lowest BCUT2D eigenvalue weighted by Crippen LogP contribution is -2.09. The molecule has 1 unspecified atom stereocenters. The molecule has 7 heteroatoms. The van der Waals surface area contributed by atoms with E-state index in [1.165, 1.54) is 12.4 Å². The Morgan fingerprint density at radius 2 is 1.95 bits per heavy atom. The van der Waals surface area contributed by atoms with E-state index in [4.69, 9.17) is 4.74 Å². The van der Waals surface area contributed by atoms with Crippen LogP contribution in [0.25, 0.3) is 0 Å². The highest BCUT2D eigenvalue weighted by atomic mass is 16.6. The molecule has 22 heavy (non-hydrogen) atoms. The number of nitrogens with one attached hydrogen (secondary N) is 1. The monoisotopic (exact) mass is 302 g/mol. The molecule has 1 aromatic heterocycles. The first-order chi connectivity index (χ1) is 10.7. The summed E-state index contributed by atoms with van der Waals surface area (Å²) < 4.78 is 5.75. The van der Waals surface area contributed by atoms with Crippen molar-refractivity contribution >= 4 is 11.6 Å². The van der Waals surface area contributed by atoms with Crippen LogP contribution in [0.1, 0.15) is 25.0 Å². The minimum absolute atomic E-state index is 0.0526. The minimum atomic E-state index is -0.525. The molecular formula is C15H18N4O3. The number of benzene rings is 1. The van der Waals surface area contributed by atoms with Gasteiger partial charge >= 0.3 is 5.69 Å². The Labute approximate surface area is 128 Å². The zero-order chi connectivity index (χ0) is 15.8. The summed E-state index contributed by atoms with van der Waals surface area (Å²) >= 11 is 0. The maximum absolute atomic E-state index is 10.5. The average molecular weight is 302 g/mol. The van der Waals surface area contributed by atoms with Gasteiger partial charge in [-0.15, -0.1) is 0 Å². The summed E-state index contributed by atoms with van der Waals surface area (Å²) in [5.41, 5.74) is 1.03. The van der Waals surface area contributed by atoms with E-state index >= 15 is 0 Å². The number of aromatic nitrogens is 2. The van der Waals surface area contributed by atoms with Crippen molar-refractivity contribution in [1.29, 1.82) is 0 Å². The molecule has 2 rings (SSSR count). The van der Waals surface area contributed by atoms with Crippen molar-refractivity contribution in [2.75, 3.05) is 18.5 Å². The second kappa shape index (κ2) is 8.04. The van der Waals surface area contributed by atoms with E-state index in [0.717, 1.165) is 12.0 Å². The maximum Gasteiger partial charge on any atom is 0.305 e. The highest BCUT2D eigenvalue weighted by Crippen LogP contribution is 2.15. The molecule has 0 saturated carbocycles. The van der Waals surface area contributed by atoms with Crippen molar-refractivity contribution in [3.8, 4) is 0 Å². The Hall–Kier alpha value is -2.54. The summed E-state index contributed by atoms with van der Waals surface area (Å²) in [6.07, 6.45) is 3.21. The number of ether oxygens (including phenoxy) is 1. The van der Waals surface area contributed by atoms with Gasteiger partial charge in [-0.3, -0.25) is 10.1 Å². The van der Waals surface area contributed by atoms with Crippen LogP contribution >= 0.6 is 0 Å². The van der Waals surface area contributed by atoms with Gasteiger partial charge in [0.1, 0.15) is 12.4 Å². The van der Waals surface area contributed by atoms with Gasteiger partial charge in [-0.05, 0) is 18.9 Å². The topological polar surface area (TPSA) is 90.2 Å². The number of hydrogen-bond donors (Lipinski definition) is 1. The van der Waals surface area contributed by atoms with Crippen LogP contribution in [0.2, 0.25) is 0 Å². The zero-order valence-electron chi connectivity index (χ0n) is 12.3. The molecule has 7 nitrogen and oxygen atoms in total. The van der Waals surface area contributed by atoms with Gasteiger partial charge in [-0.25, -0.2) is 9.97 Å². The smallest absolute Gasteiger partial charge is 0.305 e. The predicted molar refractivity (Wildman–Crippen MR) is 82.6 cm³/mol. The molecule has 0 fully saturated rings. The standard InChI is InChI=1S/C15H18N4O3/c1-12(13-6-3-2-4-7-13)22-9-5-8-16-15-17-10-14(11-18-15)19(20)21/h2-4,6-7,10-12H,5,8-9H2,1H3,(H,16,17,18). The summed E-state index contributed by atoms with van der Waals surface area (Å²) in [5, 5.41) is 13.5. The van der Waals surface area contributed by atoms with E-state index in [9.17, 15) is 10.1 Å². The highest BCUT2D eigenvalue weighted by Gasteiger charge is 2.06. The molecule has 1 N–H and O–H groups in total. The Bertz CT molecular complexity index is 589. The number of anilines is 1. The zero-order valence-corrected chi connectivity index (χ0v) is 12.3. The maximum atomic E-state index is 10.5. The summed E-state index contributed by atoms with van der Waals surface area (Å²) in [4.78, 5) is 17.7. The molecule has 0 amide bonds. The van der Waals surface area contributed by atoms with Crippen molar-refractivity contribution in [3.63, 3.8) is 0 Å². The largest absolute Gasteiger partial charge is 0.374 e.